The third kappa shape index (κ3) is 0.109. The third-order valence-corrected chi connectivity index (χ3v) is 96.2. The maximum Gasteiger partial charge on any atom is 0 e. The van der Waals surface area contributed by atoms with E-state index < -0.39 is 0 Å². The van der Waals surface area contributed by atoms with Crippen LogP contribution in [0.5, 0.6) is 0 Å². The van der Waals surface area contributed by atoms with E-state index in [-0.39, 0.29) is 6.14 Å². The van der Waals surface area contributed by atoms with Crippen LogP contribution in [0.4, 0.5) is 0 Å². The Morgan fingerprint density at radius 3 is 1.60 bits per heavy atom. The monoisotopic (exact) mass is 140 g/mol. The lowest BCUT2D eigenvalue weighted by molar-refractivity contribution is 4.14. The summed E-state index contributed by atoms with van der Waals surface area (Å²) in [7, 11) is 5.09. The Morgan fingerprint density at radius 1 is 1.20 bits per heavy atom. The Hall–Kier alpha value is 1.08. The summed E-state index contributed by atoms with van der Waals surface area (Å²) in [6.07, 6.45) is 0.231. The van der Waals surface area contributed by atoms with Gasteiger partial charge in [-0.05, 0) is 0 Å². The molecule has 3 fully saturated rings. The SMILES string of the molecule is [Si]1[Si]2[Si]3[Si][Si]123. The van der Waals surface area contributed by atoms with Gasteiger partial charge in [0.2, 0.25) is 0 Å². The highest BCUT2D eigenvalue weighted by atomic mass is 31.0. The van der Waals surface area contributed by atoms with Gasteiger partial charge in [0.1, 0.15) is 0 Å². The lowest BCUT2D eigenvalue weighted by atomic mass is 26.5. The molecule has 0 bridgehead atoms. The van der Waals surface area contributed by atoms with E-state index >= 15 is 0 Å². The van der Waals surface area contributed by atoms with E-state index in [9.17, 15) is 0 Å². The van der Waals surface area contributed by atoms with Gasteiger partial charge in [-0.1, -0.05) is 0 Å². The highest BCUT2D eigenvalue weighted by molar-refractivity contribution is 8.69. The maximum atomic E-state index is 1.73. The first-order chi connectivity index (χ1) is 2.43. The third-order valence-electron chi connectivity index (χ3n) is 1.44. The van der Waals surface area contributed by atoms with Crippen molar-refractivity contribution in [2.24, 2.45) is 0 Å². The molecule has 0 aromatic carbocycles. The molecule has 1 spiro atoms. The summed E-state index contributed by atoms with van der Waals surface area (Å²) in [6.45, 7) is 0. The first kappa shape index (κ1) is 2.41. The first-order valence-corrected chi connectivity index (χ1v) is 15.8. The summed E-state index contributed by atoms with van der Waals surface area (Å²) in [5.74, 6) is 0. The van der Waals surface area contributed by atoms with Crippen molar-refractivity contribution >= 4 is 38.0 Å². The molecule has 6 radical (unpaired) electrons. The van der Waals surface area contributed by atoms with Crippen molar-refractivity contribution < 1.29 is 0 Å². The summed E-state index contributed by atoms with van der Waals surface area (Å²) >= 11 is 0. The normalized spacial score (nSPS) is 50.4. The van der Waals surface area contributed by atoms with Crippen LogP contribution in [0.1, 0.15) is 0 Å². The topological polar surface area (TPSA) is 0 Å². The number of hydrogen-bond donors (Lipinski definition) is 0. The van der Waals surface area contributed by atoms with Gasteiger partial charge in [0, 0.05) is 38.0 Å². The Kier molecular flexibility index (Phi) is 0.179. The number of hydrogen-bond acceptors (Lipinski definition) is 0. The molecule has 0 unspecified atom stereocenters. The van der Waals surface area contributed by atoms with Crippen LogP contribution in [0, 0.1) is 0 Å². The van der Waals surface area contributed by atoms with Crippen molar-refractivity contribution in [1.82, 2.24) is 0 Å². The highest BCUT2D eigenvalue weighted by Gasteiger charge is 2.94. The molecule has 5 heavy (non-hydrogen) atoms. The van der Waals surface area contributed by atoms with Crippen LogP contribution in [0.3, 0.4) is 0 Å². The van der Waals surface area contributed by atoms with E-state index in [1.807, 2.05) is 0 Å². The minimum Gasteiger partial charge on any atom is 0 e. The van der Waals surface area contributed by atoms with Gasteiger partial charge in [-0.2, -0.15) is 0 Å². The summed E-state index contributed by atoms with van der Waals surface area (Å²) < 4.78 is 0. The van der Waals surface area contributed by atoms with E-state index in [0.29, 0.717) is 0 Å². The Balaban J connectivity index is 2.49. The molecule has 0 N–H and O–H groups in total. The lowest BCUT2D eigenvalue weighted by Crippen LogP contribution is -2.00. The van der Waals surface area contributed by atoms with Crippen LogP contribution in [-0.2, 0) is 0 Å². The molecule has 5 heteroatoms. The predicted molar refractivity (Wildman–Crippen MR) is 28.8 cm³/mol. The van der Waals surface area contributed by atoms with Crippen LogP contribution in [-0.4, -0.2) is 38.0 Å². The molecular formula is Si5. The summed E-state index contributed by atoms with van der Waals surface area (Å²) in [6, 6.07) is 0. The fourth-order valence-electron chi connectivity index (χ4n) is 0.750. The molecule has 3 rings (SSSR count). The van der Waals surface area contributed by atoms with Gasteiger partial charge in [0.25, 0.3) is 0 Å². The molecule has 0 saturated carbocycles. The minimum atomic E-state index is 0.231. The van der Waals surface area contributed by atoms with Gasteiger partial charge in [0.05, 0.1) is 0 Å². The Bertz CT molecular complexity index is 90.6. The molecule has 0 amide bonds. The molecular weight excluding hydrogens is 140 g/mol. The zero-order valence-electron chi connectivity index (χ0n) is 2.50. The van der Waals surface area contributed by atoms with Crippen molar-refractivity contribution in [3.05, 3.63) is 0 Å². The predicted octanol–water partition coefficient (Wildman–Crippen LogP) is -1.90. The van der Waals surface area contributed by atoms with E-state index in [0.717, 1.165) is 14.7 Å². The fourth-order valence-corrected chi connectivity index (χ4v) is 162. The second kappa shape index (κ2) is 0.373. The van der Waals surface area contributed by atoms with Crippen molar-refractivity contribution in [1.29, 1.82) is 0 Å². The van der Waals surface area contributed by atoms with Crippen LogP contribution in [0.2, 0.25) is 0 Å². The molecule has 3 saturated heterocycles. The summed E-state index contributed by atoms with van der Waals surface area (Å²) in [5, 5.41) is 0. The molecule has 0 atom stereocenters. The molecule has 3 aliphatic rings. The molecule has 3 aliphatic heterocycles. The van der Waals surface area contributed by atoms with E-state index in [4.69, 9.17) is 0 Å². The second-order valence-corrected chi connectivity index (χ2v) is 47.2. The van der Waals surface area contributed by atoms with Crippen molar-refractivity contribution in [3.8, 4) is 0 Å². The standard InChI is InChI=1S/Si5/c1-3-4-2-5(1,3)4. The zero-order chi connectivity index (χ0) is 3.07. The van der Waals surface area contributed by atoms with Crippen molar-refractivity contribution in [2.75, 3.05) is 0 Å². The minimum absolute atomic E-state index is 0.231. The van der Waals surface area contributed by atoms with Crippen LogP contribution in [0.15, 0.2) is 0 Å². The highest BCUT2D eigenvalue weighted by Crippen LogP contribution is 2.56. The molecule has 3 heterocycles. The molecule has 0 aliphatic carbocycles. The number of fused-ring (bicyclic) bond motifs is 1. The molecule has 0 nitrogen and oxygen atoms in total. The van der Waals surface area contributed by atoms with E-state index in [1.165, 1.54) is 0 Å². The average Bonchev–Trinajstić information content (AvgIpc) is 2.04. The van der Waals surface area contributed by atoms with Gasteiger partial charge < -0.3 is 0 Å². The van der Waals surface area contributed by atoms with E-state index in [2.05, 4.69) is 0 Å². The Morgan fingerprint density at radius 2 is 1.60 bits per heavy atom. The van der Waals surface area contributed by atoms with Crippen LogP contribution in [0.25, 0.3) is 0 Å². The van der Waals surface area contributed by atoms with E-state index in [1.54, 1.807) is 17.1 Å². The summed E-state index contributed by atoms with van der Waals surface area (Å²) in [4.78, 5) is 0. The molecule has 0 aromatic rings. The smallest absolute Gasteiger partial charge is 0 e. The Labute approximate surface area is 38.4 Å². The molecule has 20 valence electrons. The molecule has 0 aromatic heterocycles. The maximum absolute atomic E-state index is 1.73. The van der Waals surface area contributed by atoms with Gasteiger partial charge in [-0.25, -0.2) is 0 Å². The fraction of sp³-hybridized carbons (Fsp3) is 0. The quantitative estimate of drug-likeness (QED) is 0.345. The van der Waals surface area contributed by atoms with Gasteiger partial charge >= 0.3 is 0 Å². The second-order valence-electron chi connectivity index (χ2n) is 1.75. The van der Waals surface area contributed by atoms with Crippen molar-refractivity contribution in [3.63, 3.8) is 0 Å². The summed E-state index contributed by atoms with van der Waals surface area (Å²) in [5.41, 5.74) is 0. The van der Waals surface area contributed by atoms with Gasteiger partial charge in [-0.15, -0.1) is 0 Å². The average molecular weight is 140 g/mol. The number of rotatable bonds is 0. The first-order valence-electron chi connectivity index (χ1n) is 1.75. The zero-order valence-corrected chi connectivity index (χ0v) is 7.50. The van der Waals surface area contributed by atoms with Crippen LogP contribution < -0.4 is 0 Å². The lowest BCUT2D eigenvalue weighted by Gasteiger charge is -1.62. The van der Waals surface area contributed by atoms with Gasteiger partial charge in [-0.3, -0.25) is 0 Å². The van der Waals surface area contributed by atoms with Crippen LogP contribution >= 0.6 is 0 Å². The van der Waals surface area contributed by atoms with Gasteiger partial charge in [0.15, 0.2) is 0 Å². The largest absolute Gasteiger partial charge is 0 e. The van der Waals surface area contributed by atoms with Crippen molar-refractivity contribution in [2.45, 2.75) is 0 Å².